The minimum Gasteiger partial charge on any atom is -0.507 e. The van der Waals surface area contributed by atoms with Crippen LogP contribution in [0.4, 0.5) is 0 Å². The Morgan fingerprint density at radius 1 is 1.31 bits per heavy atom. The molecular weight excluding hydrogens is 342 g/mol. The molecule has 0 unspecified atom stereocenters. The number of H-pyrrole nitrogens is 1. The van der Waals surface area contributed by atoms with Gasteiger partial charge in [-0.25, -0.2) is 9.78 Å². The maximum atomic E-state index is 12.2. The van der Waals surface area contributed by atoms with E-state index in [1.54, 1.807) is 6.92 Å². The summed E-state index contributed by atoms with van der Waals surface area (Å²) < 4.78 is 11.4. The van der Waals surface area contributed by atoms with Gasteiger partial charge in [0.15, 0.2) is 11.5 Å². The van der Waals surface area contributed by atoms with Crippen molar-refractivity contribution in [3.63, 3.8) is 0 Å². The van der Waals surface area contributed by atoms with E-state index < -0.39 is 11.2 Å². The lowest BCUT2D eigenvalue weighted by atomic mass is 10.1. The van der Waals surface area contributed by atoms with E-state index in [2.05, 4.69) is 20.1 Å². The molecule has 0 aliphatic carbocycles. The summed E-state index contributed by atoms with van der Waals surface area (Å²) in [6, 6.07) is 4.27. The highest BCUT2D eigenvalue weighted by Gasteiger charge is 2.17. The Bertz CT molecular complexity index is 1270. The molecule has 4 heterocycles. The second-order valence-electron chi connectivity index (χ2n) is 5.62. The van der Waals surface area contributed by atoms with Crippen LogP contribution in [0.15, 0.2) is 32.2 Å². The highest BCUT2D eigenvalue weighted by Crippen LogP contribution is 2.26. The second-order valence-corrected chi connectivity index (χ2v) is 5.62. The summed E-state index contributed by atoms with van der Waals surface area (Å²) >= 11 is 0. The van der Waals surface area contributed by atoms with Crippen molar-refractivity contribution in [3.05, 3.63) is 50.6 Å². The number of hydrogen-bond donors (Lipinski definition) is 2. The number of aromatic amines is 1. The number of hydrogen-bond acceptors (Lipinski definition) is 8. The second kappa shape index (κ2) is 5.77. The first-order valence-corrected chi connectivity index (χ1v) is 7.59. The molecule has 4 aromatic heterocycles. The van der Waals surface area contributed by atoms with Crippen molar-refractivity contribution in [3.8, 4) is 17.0 Å². The van der Waals surface area contributed by atoms with Gasteiger partial charge in [-0.3, -0.25) is 9.78 Å². The Morgan fingerprint density at radius 2 is 2.12 bits per heavy atom. The molecule has 10 nitrogen and oxygen atoms in total. The van der Waals surface area contributed by atoms with Crippen LogP contribution in [0, 0.1) is 6.92 Å². The van der Waals surface area contributed by atoms with Crippen LogP contribution in [0.3, 0.4) is 0 Å². The van der Waals surface area contributed by atoms with Crippen LogP contribution in [0.5, 0.6) is 5.75 Å². The largest absolute Gasteiger partial charge is 0.507 e. The molecule has 26 heavy (non-hydrogen) atoms. The van der Waals surface area contributed by atoms with Crippen molar-refractivity contribution in [2.45, 2.75) is 13.5 Å². The quantitative estimate of drug-likeness (QED) is 0.549. The molecule has 0 amide bonds. The molecule has 0 radical (unpaired) electrons. The highest BCUT2D eigenvalue weighted by atomic mass is 16.5. The molecule has 132 valence electrons. The van der Waals surface area contributed by atoms with Gasteiger partial charge in [0.1, 0.15) is 23.7 Å². The van der Waals surface area contributed by atoms with Gasteiger partial charge < -0.3 is 14.3 Å². The van der Waals surface area contributed by atoms with E-state index in [0.29, 0.717) is 5.82 Å². The Kier molecular flexibility index (Phi) is 3.55. The number of pyridine rings is 1. The summed E-state index contributed by atoms with van der Waals surface area (Å²) in [6.45, 7) is 1.71. The standard InChI is InChI=1S/C16H13N5O5/c1-7-5-10(22)12(15(24)26-7)9-4-3-8-13(17-9)21-16(19-14(8)23)18-11(20-21)6-25-2/h3-5,22H,6H2,1-2H3,(H,18,19,20,23). The number of aromatic hydroxyl groups is 1. The van der Waals surface area contributed by atoms with Crippen molar-refractivity contribution in [2.24, 2.45) is 0 Å². The molecule has 0 aromatic carbocycles. The zero-order valence-corrected chi connectivity index (χ0v) is 13.8. The minimum atomic E-state index is -0.728. The average molecular weight is 355 g/mol. The summed E-state index contributed by atoms with van der Waals surface area (Å²) in [5.74, 6) is 0.571. The van der Waals surface area contributed by atoms with Crippen molar-refractivity contribution >= 4 is 16.8 Å². The summed E-state index contributed by atoms with van der Waals surface area (Å²) in [5, 5.41) is 14.6. The summed E-state index contributed by atoms with van der Waals surface area (Å²) in [6.07, 6.45) is 0. The molecule has 0 saturated heterocycles. The molecule has 10 heteroatoms. The average Bonchev–Trinajstić information content (AvgIpc) is 2.97. The van der Waals surface area contributed by atoms with Crippen molar-refractivity contribution < 1.29 is 14.3 Å². The molecule has 0 spiro atoms. The summed E-state index contributed by atoms with van der Waals surface area (Å²) in [4.78, 5) is 35.5. The highest BCUT2D eigenvalue weighted by molar-refractivity contribution is 5.80. The van der Waals surface area contributed by atoms with Crippen LogP contribution in [0.2, 0.25) is 0 Å². The van der Waals surface area contributed by atoms with Crippen LogP contribution >= 0.6 is 0 Å². The van der Waals surface area contributed by atoms with Crippen LogP contribution in [-0.4, -0.2) is 36.8 Å². The molecule has 4 aromatic rings. The molecule has 0 fully saturated rings. The van der Waals surface area contributed by atoms with Gasteiger partial charge >= 0.3 is 5.63 Å². The molecule has 4 rings (SSSR count). The zero-order chi connectivity index (χ0) is 18.4. The number of methoxy groups -OCH3 is 1. The Labute approximate surface area is 144 Å². The first kappa shape index (κ1) is 16.0. The van der Waals surface area contributed by atoms with E-state index in [1.807, 2.05) is 0 Å². The smallest absolute Gasteiger partial charge is 0.349 e. The maximum absolute atomic E-state index is 12.2. The lowest BCUT2D eigenvalue weighted by Gasteiger charge is -2.05. The first-order valence-electron chi connectivity index (χ1n) is 7.59. The minimum absolute atomic E-state index is 0.0943. The number of aryl methyl sites for hydroxylation is 1. The van der Waals surface area contributed by atoms with Crippen molar-refractivity contribution in [2.75, 3.05) is 7.11 Å². The topological polar surface area (TPSA) is 136 Å². The fourth-order valence-electron chi connectivity index (χ4n) is 2.70. The van der Waals surface area contributed by atoms with E-state index in [-0.39, 0.29) is 46.2 Å². The lowest BCUT2D eigenvalue weighted by molar-refractivity contribution is 0.178. The monoisotopic (exact) mass is 355 g/mol. The normalized spacial score (nSPS) is 11.5. The number of ether oxygens (including phenoxy) is 1. The number of aromatic nitrogens is 5. The van der Waals surface area contributed by atoms with Crippen LogP contribution in [0.1, 0.15) is 11.6 Å². The third-order valence-corrected chi connectivity index (χ3v) is 3.78. The molecule has 0 aliphatic rings. The summed E-state index contributed by atoms with van der Waals surface area (Å²) in [5.41, 5.74) is -0.879. The van der Waals surface area contributed by atoms with Gasteiger partial charge in [-0.05, 0) is 19.1 Å². The van der Waals surface area contributed by atoms with Gasteiger partial charge in [-0.2, -0.15) is 9.50 Å². The van der Waals surface area contributed by atoms with Gasteiger partial charge in [0.05, 0.1) is 11.1 Å². The first-order chi connectivity index (χ1) is 12.5. The third kappa shape index (κ3) is 2.43. The van der Waals surface area contributed by atoms with Gasteiger partial charge in [-0.15, -0.1) is 5.10 Å². The van der Waals surface area contributed by atoms with Crippen molar-refractivity contribution in [1.29, 1.82) is 0 Å². The van der Waals surface area contributed by atoms with E-state index >= 15 is 0 Å². The molecular formula is C16H13N5O5. The predicted octanol–water partition coefficient (Wildman–Crippen LogP) is 0.746. The van der Waals surface area contributed by atoms with Crippen LogP contribution in [-0.2, 0) is 11.3 Å². The third-order valence-electron chi connectivity index (χ3n) is 3.78. The van der Waals surface area contributed by atoms with E-state index in [4.69, 9.17) is 9.15 Å². The van der Waals surface area contributed by atoms with Gasteiger partial charge in [0.2, 0.25) is 5.78 Å². The van der Waals surface area contributed by atoms with E-state index in [9.17, 15) is 14.7 Å². The Hall–Kier alpha value is -3.53. The number of nitrogens with zero attached hydrogens (tertiary/aromatic N) is 4. The number of nitrogens with one attached hydrogen (secondary N) is 1. The summed E-state index contributed by atoms with van der Waals surface area (Å²) in [7, 11) is 1.50. The van der Waals surface area contributed by atoms with E-state index in [1.165, 1.54) is 29.8 Å². The number of fused-ring (bicyclic) bond motifs is 3. The number of rotatable bonds is 3. The van der Waals surface area contributed by atoms with Crippen LogP contribution in [0.25, 0.3) is 28.1 Å². The van der Waals surface area contributed by atoms with Crippen molar-refractivity contribution in [1.82, 2.24) is 24.6 Å². The zero-order valence-electron chi connectivity index (χ0n) is 13.8. The maximum Gasteiger partial charge on any atom is 0.349 e. The van der Waals surface area contributed by atoms with Gasteiger partial charge in [0, 0.05) is 13.2 Å². The fraction of sp³-hybridized carbons (Fsp3) is 0.188. The molecule has 0 atom stereocenters. The molecule has 2 N–H and O–H groups in total. The molecule has 0 bridgehead atoms. The Balaban J connectivity index is 2.04. The Morgan fingerprint density at radius 3 is 2.85 bits per heavy atom. The fourth-order valence-corrected chi connectivity index (χ4v) is 2.70. The lowest BCUT2D eigenvalue weighted by Crippen LogP contribution is -2.12. The van der Waals surface area contributed by atoms with Gasteiger partial charge in [-0.1, -0.05) is 0 Å². The van der Waals surface area contributed by atoms with Crippen LogP contribution < -0.4 is 11.2 Å². The molecule has 0 saturated carbocycles. The van der Waals surface area contributed by atoms with Gasteiger partial charge in [0.25, 0.3) is 5.56 Å². The SMILES string of the molecule is COCc1nc2[nH]c(=O)c3ccc(-c4c(O)cc(C)oc4=O)nc3n2n1. The molecule has 0 aliphatic heterocycles. The van der Waals surface area contributed by atoms with E-state index in [0.717, 1.165) is 0 Å². The predicted molar refractivity (Wildman–Crippen MR) is 90.0 cm³/mol.